The van der Waals surface area contributed by atoms with Crippen LogP contribution in [0.25, 0.3) is 0 Å². The average Bonchev–Trinajstić information content (AvgIpc) is 3.18. The number of carbonyl (C=O) groups is 1. The van der Waals surface area contributed by atoms with Gasteiger partial charge in [-0.25, -0.2) is 0 Å². The SMILES string of the molecule is CN(C)CCN1CCN(C(=O)CCc2ccc3c(c2)OCO3)c2ccccc21. The lowest BCUT2D eigenvalue weighted by Crippen LogP contribution is -2.45. The molecule has 0 fully saturated rings. The molecular weight excluding hydrogens is 354 g/mol. The predicted molar refractivity (Wildman–Crippen MR) is 110 cm³/mol. The molecule has 0 radical (unpaired) electrons. The van der Waals surface area contributed by atoms with Crippen LogP contribution in [-0.4, -0.2) is 57.9 Å². The molecule has 2 heterocycles. The Kier molecular flexibility index (Phi) is 5.39. The number of rotatable bonds is 6. The van der Waals surface area contributed by atoms with Gasteiger partial charge >= 0.3 is 0 Å². The van der Waals surface area contributed by atoms with E-state index in [-0.39, 0.29) is 12.7 Å². The van der Waals surface area contributed by atoms with Crippen molar-refractivity contribution in [2.24, 2.45) is 0 Å². The van der Waals surface area contributed by atoms with Crippen molar-refractivity contribution < 1.29 is 14.3 Å². The zero-order valence-corrected chi connectivity index (χ0v) is 16.6. The Morgan fingerprint density at radius 2 is 1.82 bits per heavy atom. The molecule has 0 bridgehead atoms. The number of ether oxygens (including phenoxy) is 2. The molecule has 0 spiro atoms. The van der Waals surface area contributed by atoms with Crippen LogP contribution >= 0.6 is 0 Å². The second kappa shape index (κ2) is 8.10. The standard InChI is InChI=1S/C22H27N3O3/c1-23(2)11-12-24-13-14-25(19-6-4-3-5-18(19)24)22(26)10-8-17-7-9-20-21(15-17)28-16-27-20/h3-7,9,15H,8,10-14,16H2,1-2H3. The van der Waals surface area contributed by atoms with E-state index in [0.717, 1.165) is 54.6 Å². The van der Waals surface area contributed by atoms with E-state index in [2.05, 4.69) is 36.0 Å². The molecule has 0 atom stereocenters. The lowest BCUT2D eigenvalue weighted by atomic mass is 10.1. The number of hydrogen-bond donors (Lipinski definition) is 0. The molecule has 2 aliphatic rings. The van der Waals surface area contributed by atoms with E-state index in [1.807, 2.05) is 35.2 Å². The first kappa shape index (κ1) is 18.6. The maximum Gasteiger partial charge on any atom is 0.231 e. The first-order valence-corrected chi connectivity index (χ1v) is 9.79. The summed E-state index contributed by atoms with van der Waals surface area (Å²) in [4.78, 5) is 19.5. The zero-order chi connectivity index (χ0) is 19.5. The lowest BCUT2D eigenvalue weighted by molar-refractivity contribution is -0.118. The number of anilines is 2. The number of benzene rings is 2. The van der Waals surface area contributed by atoms with Crippen molar-refractivity contribution in [3.8, 4) is 11.5 Å². The first-order valence-electron chi connectivity index (χ1n) is 9.79. The molecule has 148 valence electrons. The van der Waals surface area contributed by atoms with Gasteiger partial charge in [-0.3, -0.25) is 4.79 Å². The van der Waals surface area contributed by atoms with Crippen molar-refractivity contribution in [1.29, 1.82) is 0 Å². The van der Waals surface area contributed by atoms with Crippen LogP contribution in [0.2, 0.25) is 0 Å². The van der Waals surface area contributed by atoms with Crippen molar-refractivity contribution >= 4 is 17.3 Å². The smallest absolute Gasteiger partial charge is 0.231 e. The fourth-order valence-corrected chi connectivity index (χ4v) is 3.72. The molecule has 0 aliphatic carbocycles. The third kappa shape index (κ3) is 3.92. The molecule has 2 aromatic rings. The molecule has 0 saturated heterocycles. The van der Waals surface area contributed by atoms with Crippen LogP contribution < -0.4 is 19.3 Å². The van der Waals surface area contributed by atoms with Gasteiger partial charge in [-0.1, -0.05) is 18.2 Å². The number of amides is 1. The van der Waals surface area contributed by atoms with Crippen LogP contribution in [0.4, 0.5) is 11.4 Å². The Hall–Kier alpha value is -2.73. The summed E-state index contributed by atoms with van der Waals surface area (Å²) in [6.45, 7) is 3.81. The maximum atomic E-state index is 13.0. The van der Waals surface area contributed by atoms with E-state index in [9.17, 15) is 4.79 Å². The summed E-state index contributed by atoms with van der Waals surface area (Å²) in [5, 5.41) is 0. The maximum absolute atomic E-state index is 13.0. The van der Waals surface area contributed by atoms with E-state index in [0.29, 0.717) is 12.8 Å². The molecule has 0 unspecified atom stereocenters. The van der Waals surface area contributed by atoms with E-state index >= 15 is 0 Å². The largest absolute Gasteiger partial charge is 0.454 e. The summed E-state index contributed by atoms with van der Waals surface area (Å²) < 4.78 is 10.8. The van der Waals surface area contributed by atoms with Gasteiger partial charge in [0.25, 0.3) is 0 Å². The summed E-state index contributed by atoms with van der Waals surface area (Å²) >= 11 is 0. The monoisotopic (exact) mass is 381 g/mol. The predicted octanol–water partition coefficient (Wildman–Crippen LogP) is 2.76. The highest BCUT2D eigenvalue weighted by atomic mass is 16.7. The van der Waals surface area contributed by atoms with E-state index in [4.69, 9.17) is 9.47 Å². The minimum atomic E-state index is 0.164. The summed E-state index contributed by atoms with van der Waals surface area (Å²) in [7, 11) is 4.17. The Balaban J connectivity index is 1.43. The Morgan fingerprint density at radius 1 is 1.04 bits per heavy atom. The summed E-state index contributed by atoms with van der Waals surface area (Å²) in [5.41, 5.74) is 3.26. The van der Waals surface area contributed by atoms with Gasteiger partial charge in [-0.2, -0.15) is 0 Å². The van der Waals surface area contributed by atoms with E-state index in [1.54, 1.807) is 0 Å². The third-order valence-electron chi connectivity index (χ3n) is 5.29. The van der Waals surface area contributed by atoms with Crippen molar-refractivity contribution in [3.63, 3.8) is 0 Å². The minimum Gasteiger partial charge on any atom is -0.454 e. The number of likely N-dealkylation sites (N-methyl/N-ethyl adjacent to an activating group) is 1. The van der Waals surface area contributed by atoms with Crippen LogP contribution in [-0.2, 0) is 11.2 Å². The van der Waals surface area contributed by atoms with Gasteiger partial charge < -0.3 is 24.2 Å². The number of nitrogens with zero attached hydrogens (tertiary/aromatic N) is 3. The van der Waals surface area contributed by atoms with Gasteiger partial charge in [-0.05, 0) is 50.3 Å². The van der Waals surface area contributed by atoms with Crippen LogP contribution in [0.15, 0.2) is 42.5 Å². The summed E-state index contributed by atoms with van der Waals surface area (Å²) in [6, 6.07) is 14.1. The first-order chi connectivity index (χ1) is 13.6. The van der Waals surface area contributed by atoms with E-state index in [1.165, 1.54) is 0 Å². The Morgan fingerprint density at radius 3 is 2.64 bits per heavy atom. The highest BCUT2D eigenvalue weighted by Gasteiger charge is 2.26. The van der Waals surface area contributed by atoms with Gasteiger partial charge in [0.15, 0.2) is 11.5 Å². The fraction of sp³-hybridized carbons (Fsp3) is 0.409. The number of aryl methyl sites for hydroxylation is 1. The van der Waals surface area contributed by atoms with Gasteiger partial charge in [-0.15, -0.1) is 0 Å². The number of para-hydroxylation sites is 2. The third-order valence-corrected chi connectivity index (χ3v) is 5.29. The van der Waals surface area contributed by atoms with Crippen LogP contribution in [0.3, 0.4) is 0 Å². The molecular formula is C22H27N3O3. The second-order valence-corrected chi connectivity index (χ2v) is 7.51. The van der Waals surface area contributed by atoms with Crippen LogP contribution in [0.5, 0.6) is 11.5 Å². The minimum absolute atomic E-state index is 0.164. The van der Waals surface area contributed by atoms with Crippen molar-refractivity contribution in [2.75, 3.05) is 56.9 Å². The van der Waals surface area contributed by atoms with Crippen LogP contribution in [0, 0.1) is 0 Å². The van der Waals surface area contributed by atoms with Crippen LogP contribution in [0.1, 0.15) is 12.0 Å². The normalized spacial score (nSPS) is 15.1. The second-order valence-electron chi connectivity index (χ2n) is 7.51. The molecule has 6 heteroatoms. The quantitative estimate of drug-likeness (QED) is 0.770. The Bertz CT molecular complexity index is 853. The van der Waals surface area contributed by atoms with Crippen molar-refractivity contribution in [1.82, 2.24) is 4.90 Å². The topological polar surface area (TPSA) is 45.2 Å². The molecule has 1 amide bonds. The zero-order valence-electron chi connectivity index (χ0n) is 16.6. The van der Waals surface area contributed by atoms with Crippen molar-refractivity contribution in [2.45, 2.75) is 12.8 Å². The molecule has 2 aliphatic heterocycles. The molecule has 4 rings (SSSR count). The molecule has 0 aromatic heterocycles. The Labute approximate surface area is 166 Å². The molecule has 0 saturated carbocycles. The highest BCUT2D eigenvalue weighted by Crippen LogP contribution is 2.34. The summed E-state index contributed by atoms with van der Waals surface area (Å²) in [6.07, 6.45) is 1.17. The number of hydrogen-bond acceptors (Lipinski definition) is 5. The fourth-order valence-electron chi connectivity index (χ4n) is 3.72. The van der Waals surface area contributed by atoms with E-state index < -0.39 is 0 Å². The van der Waals surface area contributed by atoms with Gasteiger partial charge in [0, 0.05) is 32.6 Å². The molecule has 2 aromatic carbocycles. The molecule has 28 heavy (non-hydrogen) atoms. The number of fused-ring (bicyclic) bond motifs is 2. The average molecular weight is 381 g/mol. The van der Waals surface area contributed by atoms with Crippen molar-refractivity contribution in [3.05, 3.63) is 48.0 Å². The summed E-state index contributed by atoms with van der Waals surface area (Å²) in [5.74, 6) is 1.71. The van der Waals surface area contributed by atoms with Gasteiger partial charge in [0.05, 0.1) is 11.4 Å². The number of carbonyl (C=O) groups excluding carboxylic acids is 1. The lowest BCUT2D eigenvalue weighted by Gasteiger charge is -2.38. The van der Waals surface area contributed by atoms with Gasteiger partial charge in [0.2, 0.25) is 12.7 Å². The molecule has 6 nitrogen and oxygen atoms in total. The van der Waals surface area contributed by atoms with Gasteiger partial charge in [0.1, 0.15) is 0 Å². The highest BCUT2D eigenvalue weighted by molar-refractivity contribution is 5.98. The molecule has 0 N–H and O–H groups in total.